The van der Waals surface area contributed by atoms with Crippen LogP contribution < -0.4 is 31.1 Å². The van der Waals surface area contributed by atoms with Gasteiger partial charge in [-0.25, -0.2) is 0 Å². The quantitative estimate of drug-likeness (QED) is 0.0226. The highest BCUT2D eigenvalue weighted by Gasteiger charge is 2.50. The van der Waals surface area contributed by atoms with Crippen LogP contribution in [0.4, 0.5) is 11.9 Å². The van der Waals surface area contributed by atoms with Gasteiger partial charge in [-0.3, -0.25) is 38.7 Å². The van der Waals surface area contributed by atoms with E-state index in [1.807, 2.05) is 6.92 Å². The fourth-order valence-corrected chi connectivity index (χ4v) is 22.5. The second-order valence-electron chi connectivity index (χ2n) is 47.0. The first-order valence-electron chi connectivity index (χ1n) is 47.3. The van der Waals surface area contributed by atoms with E-state index in [1.165, 1.54) is 6.92 Å². The Bertz CT molecular complexity index is 3210. The van der Waals surface area contributed by atoms with Crippen molar-refractivity contribution in [1.82, 2.24) is 50.9 Å². The summed E-state index contributed by atoms with van der Waals surface area (Å²) in [7, 11) is 6.04. The molecule has 7 fully saturated rings. The predicted molar refractivity (Wildman–Crippen MR) is 509 cm³/mol. The van der Waals surface area contributed by atoms with Crippen molar-refractivity contribution < 1.29 is 57.2 Å². The molecule has 124 heavy (non-hydrogen) atoms. The van der Waals surface area contributed by atoms with Crippen LogP contribution in [0.3, 0.4) is 0 Å². The number of esters is 5. The van der Waals surface area contributed by atoms with Crippen LogP contribution in [-0.4, -0.2) is 233 Å². The topological polar surface area (TPSA) is 261 Å². The molecule has 0 bridgehead atoms. The maximum atomic E-state index is 12.4. The minimum Gasteiger partial charge on any atom is -0.462 e. The first kappa shape index (κ1) is 113. The molecule has 0 spiro atoms. The van der Waals surface area contributed by atoms with Crippen LogP contribution in [0.25, 0.3) is 0 Å². The second kappa shape index (κ2) is 45.9. The lowest BCUT2D eigenvalue weighted by Gasteiger charge is -2.54. The molecule has 0 unspecified atom stereocenters. The van der Waals surface area contributed by atoms with Crippen molar-refractivity contribution >= 4 is 47.5 Å². The van der Waals surface area contributed by atoms with E-state index in [1.54, 1.807) is 7.11 Å². The van der Waals surface area contributed by atoms with E-state index in [2.05, 4.69) is 268 Å². The lowest BCUT2D eigenvalue weighted by molar-refractivity contribution is -0.165. The van der Waals surface area contributed by atoms with Crippen molar-refractivity contribution in [3.63, 3.8) is 0 Å². The number of rotatable bonds is 32. The Balaban J connectivity index is 0.000000433. The van der Waals surface area contributed by atoms with Crippen LogP contribution in [0, 0.1) is 6.92 Å². The van der Waals surface area contributed by atoms with E-state index in [4.69, 9.17) is 43.4 Å². The molecule has 722 valence electrons. The highest BCUT2D eigenvalue weighted by Crippen LogP contribution is 2.44. The summed E-state index contributed by atoms with van der Waals surface area (Å²) in [6.45, 7) is 73.6. The average Bonchev–Trinajstić information content (AvgIpc) is 0.787. The summed E-state index contributed by atoms with van der Waals surface area (Å²) in [6.07, 6.45) is 23.6. The van der Waals surface area contributed by atoms with Crippen molar-refractivity contribution in [2.24, 2.45) is 0 Å². The molecule has 0 aliphatic carbocycles. The van der Waals surface area contributed by atoms with E-state index < -0.39 is 11.9 Å². The highest BCUT2D eigenvalue weighted by molar-refractivity contribution is 5.91. The zero-order chi connectivity index (χ0) is 92.7. The largest absolute Gasteiger partial charge is 0.462 e. The molecule has 0 saturated carbocycles. The van der Waals surface area contributed by atoms with Crippen LogP contribution in [-0.2, 0) is 57.2 Å². The van der Waals surface area contributed by atoms with Crippen molar-refractivity contribution in [2.75, 3.05) is 57.2 Å². The Morgan fingerprint density at radius 3 is 0.895 bits per heavy atom. The van der Waals surface area contributed by atoms with Gasteiger partial charge in [0.05, 0.1) is 13.0 Å². The molecule has 7 saturated heterocycles. The van der Waals surface area contributed by atoms with Gasteiger partial charge in [0.2, 0.25) is 11.9 Å². The summed E-state index contributed by atoms with van der Waals surface area (Å²) in [6, 6.07) is 0.793. The van der Waals surface area contributed by atoms with Gasteiger partial charge < -0.3 is 64.3 Å². The number of anilines is 2. The number of methoxy groups -OCH3 is 1. The summed E-state index contributed by atoms with van der Waals surface area (Å²) in [5.74, 6) is 1.20. The summed E-state index contributed by atoms with van der Waals surface area (Å²) in [5, 5.41) is 14.8. The van der Waals surface area contributed by atoms with Crippen LogP contribution in [0.1, 0.15) is 422 Å². The Morgan fingerprint density at radius 2 is 0.613 bits per heavy atom. The number of aryl methyl sites for hydroxylation is 1. The van der Waals surface area contributed by atoms with Crippen LogP contribution in [0.15, 0.2) is 0 Å². The SMILES string of the molecule is C.C.CC1(C)CC(OC(=O)CC(=O)OC2CC(C)(C)NC(C)(C)C2)CC(C)(C)N1.CCCCN(c1nc(C)nc(N(CCCC)C2CC(C)(C)NC(C)(C)C2)n1)C1CC(C)(C)NC(C)(C)C1.CN1C(C)(C)CC(OC(=O)CCCCCCCCC(=O)OC2CC(C)(C)N(C)C(C)(C)C2)CC1(C)C.COCCN1C(C)(C)CC(OC(=O)CCC(C)=O)CC1(C)C. The molecular weight excluding hydrogens is 1560 g/mol. The third-order valence-electron chi connectivity index (χ3n) is 26.7. The lowest BCUT2D eigenvalue weighted by Crippen LogP contribution is -2.63. The molecule has 8 rings (SSSR count). The van der Waals surface area contributed by atoms with E-state index in [0.29, 0.717) is 31.5 Å². The molecule has 0 radical (unpaired) electrons. The van der Waals surface area contributed by atoms with E-state index in [-0.39, 0.29) is 166 Å². The second-order valence-corrected chi connectivity index (χ2v) is 47.0. The summed E-state index contributed by atoms with van der Waals surface area (Å²) < 4.78 is 33.8. The molecule has 0 amide bonds. The molecule has 1 aromatic heterocycles. The third kappa shape index (κ3) is 37.6. The predicted octanol–water partition coefficient (Wildman–Crippen LogP) is 19.4. The molecule has 7 aliphatic rings. The van der Waals surface area contributed by atoms with Gasteiger partial charge in [-0.15, -0.1) is 0 Å². The number of ketones is 1. The van der Waals surface area contributed by atoms with Crippen LogP contribution >= 0.6 is 0 Å². The number of nitrogens with one attached hydrogen (secondary N) is 4. The number of carbonyl (C=O) groups excluding carboxylic acids is 6. The molecule has 24 nitrogen and oxygen atoms in total. The number of hydrogen-bond donors (Lipinski definition) is 4. The van der Waals surface area contributed by atoms with Gasteiger partial charge in [-0.05, 0) is 273 Å². The molecule has 1 aromatic rings. The normalized spacial score (nSPS) is 23.7. The lowest BCUT2D eigenvalue weighted by atomic mass is 9.78. The minimum atomic E-state index is -0.494. The number of likely N-dealkylation sites (tertiary alicyclic amines) is 3. The van der Waals surface area contributed by atoms with Crippen molar-refractivity contribution in [1.29, 1.82) is 0 Å². The number of piperidine rings is 7. The van der Waals surface area contributed by atoms with Gasteiger partial charge in [-0.1, -0.05) is 67.2 Å². The van der Waals surface area contributed by atoms with Gasteiger partial charge in [0.1, 0.15) is 48.5 Å². The van der Waals surface area contributed by atoms with Crippen molar-refractivity contribution in [2.45, 2.75) is 543 Å². The Labute approximate surface area is 757 Å². The van der Waals surface area contributed by atoms with Gasteiger partial charge in [0.25, 0.3) is 0 Å². The standard InChI is InChI=1S/C30H57N7.C30H56N2O4.C21H38N2O4.C17H31NO4.2CH4/c1-12-14-16-36(23-18-27(4,5)34-28(6,7)19-23)25-31-22(3)32-26(33-25)37(17-15-13-2)24-20-29(8,9)35-30(10,11)21-24;1-27(2)19-23(20-28(3,4)31(27)9)35-25(33)17-15-13-11-12-14-16-18-26(34)36-24-21-29(5,6)32(10)30(7,8)22-24;1-18(2)10-14(11-19(3,4)22-18)26-16(24)9-17(25)27-15-12-20(5,6)23-21(7,8)13-15;1-13(19)7-8-15(20)22-14-11-16(2,3)18(9-10-21-6)17(4,5)12-14;;/h23-24,34-35H,12-21H2,1-11H3;23-24H,11-22H2,1-10H3;14-15,22-23H,9-13H2,1-8H3;14H,7-12H2,1-6H3;2*1H4. The van der Waals surface area contributed by atoms with Crippen molar-refractivity contribution in [3.8, 4) is 0 Å². The third-order valence-corrected chi connectivity index (χ3v) is 26.7. The smallest absolute Gasteiger partial charge is 0.317 e. The van der Waals surface area contributed by atoms with Gasteiger partial charge in [-0.2, -0.15) is 15.0 Å². The van der Waals surface area contributed by atoms with Crippen LogP contribution in [0.2, 0.25) is 0 Å². The zero-order valence-corrected chi connectivity index (χ0v) is 84.4. The number of aromatic nitrogens is 3. The molecule has 7 aliphatic heterocycles. The monoisotopic (exact) mass is 1750 g/mol. The Morgan fingerprint density at radius 1 is 0.355 bits per heavy atom. The first-order chi connectivity index (χ1) is 55.7. The van der Waals surface area contributed by atoms with E-state index in [0.717, 1.165) is 191 Å². The molecule has 0 atom stereocenters. The maximum Gasteiger partial charge on any atom is 0.317 e. The summed E-state index contributed by atoms with van der Waals surface area (Å²) >= 11 is 0. The number of Topliss-reactive ketones (excluding diaryl/α,β-unsaturated/α-hetero) is 1. The molecular formula is C100H190N12O12. The van der Waals surface area contributed by atoms with Crippen molar-refractivity contribution in [3.05, 3.63) is 5.82 Å². The van der Waals surface area contributed by atoms with E-state index in [9.17, 15) is 28.8 Å². The summed E-state index contributed by atoms with van der Waals surface area (Å²) in [4.78, 5) is 99.7. The zero-order valence-electron chi connectivity index (χ0n) is 84.4. The van der Waals surface area contributed by atoms with Crippen LogP contribution in [0.5, 0.6) is 0 Å². The van der Waals surface area contributed by atoms with Gasteiger partial charge in [0.15, 0.2) is 0 Å². The summed E-state index contributed by atoms with van der Waals surface area (Å²) in [5.41, 5.74) is -0.183. The molecule has 4 N–H and O–H groups in total. The number of unbranched alkanes of at least 4 members (excludes halogenated alkanes) is 7. The highest BCUT2D eigenvalue weighted by atomic mass is 16.6. The number of ether oxygens (including phenoxy) is 6. The molecule has 24 heteroatoms. The Kier molecular flexibility index (Phi) is 42.0. The fraction of sp³-hybridized carbons (Fsp3) is 0.910. The maximum absolute atomic E-state index is 12.4. The minimum absolute atomic E-state index is 0. The first-order valence-corrected chi connectivity index (χ1v) is 47.3. The number of carbonyl (C=O) groups is 6. The van der Waals surface area contributed by atoms with Gasteiger partial charge in [0, 0.05) is 200 Å². The number of nitrogens with zero attached hydrogens (tertiary/aromatic N) is 8. The molecule has 8 heterocycles. The van der Waals surface area contributed by atoms with Gasteiger partial charge >= 0.3 is 29.8 Å². The average molecular weight is 1750 g/mol. The number of hydrogen-bond acceptors (Lipinski definition) is 24. The Hall–Kier alpha value is -4.69. The van der Waals surface area contributed by atoms with E-state index >= 15 is 0 Å². The molecule has 0 aromatic carbocycles. The fourth-order valence-electron chi connectivity index (χ4n) is 22.5.